The monoisotopic (exact) mass is 110 g/mol. The fourth-order valence-electron chi connectivity index (χ4n) is 0.616. The highest BCUT2D eigenvalue weighted by atomic mass is 15.3. The van der Waals surface area contributed by atoms with Gasteiger partial charge in [0.1, 0.15) is 0 Å². The summed E-state index contributed by atoms with van der Waals surface area (Å²) in [6.45, 7) is 1.00. The lowest BCUT2D eigenvalue weighted by Gasteiger charge is -1.97. The Labute approximate surface area is 49.3 Å². The first-order valence-electron chi connectivity index (χ1n) is 2.91. The van der Waals surface area contributed by atoms with Gasteiger partial charge in [-0.05, 0) is 18.9 Å². The highest BCUT2D eigenvalue weighted by molar-refractivity contribution is 5.70. The van der Waals surface area contributed by atoms with Crippen LogP contribution in [0.1, 0.15) is 12.8 Å². The molecule has 2 nitrogen and oxygen atoms in total. The molecule has 2 heteroatoms. The van der Waals surface area contributed by atoms with Crippen molar-refractivity contribution in [2.45, 2.75) is 12.8 Å². The minimum absolute atomic E-state index is 1.00. The van der Waals surface area contributed by atoms with E-state index in [0.29, 0.717) is 0 Å². The van der Waals surface area contributed by atoms with E-state index < -0.39 is 0 Å². The molecule has 1 aliphatic rings. The summed E-state index contributed by atoms with van der Waals surface area (Å²) in [4.78, 5) is 0. The van der Waals surface area contributed by atoms with Crippen LogP contribution in [0, 0.1) is 0 Å². The van der Waals surface area contributed by atoms with Gasteiger partial charge in [0.2, 0.25) is 0 Å². The zero-order valence-electron chi connectivity index (χ0n) is 4.80. The summed E-state index contributed by atoms with van der Waals surface area (Å²) in [5.41, 5.74) is 2.91. The Kier molecular flexibility index (Phi) is 2.17. The Balaban J connectivity index is 2.33. The number of hydrogen-bond donors (Lipinski definition) is 1. The maximum absolute atomic E-state index is 3.87. The van der Waals surface area contributed by atoms with Crippen LogP contribution in [0.4, 0.5) is 0 Å². The second-order valence-electron chi connectivity index (χ2n) is 1.76. The van der Waals surface area contributed by atoms with Gasteiger partial charge < -0.3 is 5.43 Å². The van der Waals surface area contributed by atoms with E-state index in [1.54, 1.807) is 6.21 Å². The maximum Gasteiger partial charge on any atom is 0.0464 e. The highest BCUT2D eigenvalue weighted by Crippen LogP contribution is 1.89. The van der Waals surface area contributed by atoms with Gasteiger partial charge in [0.25, 0.3) is 0 Å². The van der Waals surface area contributed by atoms with Crippen LogP contribution in [-0.4, -0.2) is 12.8 Å². The number of hydrogen-bond acceptors (Lipinski definition) is 2. The van der Waals surface area contributed by atoms with Crippen molar-refractivity contribution in [3.05, 3.63) is 12.2 Å². The number of nitrogens with one attached hydrogen (secondary N) is 1. The SMILES string of the molecule is C1=CCCCNN=C1. The van der Waals surface area contributed by atoms with Crippen LogP contribution in [0.2, 0.25) is 0 Å². The summed E-state index contributed by atoms with van der Waals surface area (Å²) < 4.78 is 0. The van der Waals surface area contributed by atoms with Gasteiger partial charge in [-0.1, -0.05) is 6.08 Å². The van der Waals surface area contributed by atoms with Gasteiger partial charge in [0.15, 0.2) is 0 Å². The summed E-state index contributed by atoms with van der Waals surface area (Å²) in [5, 5.41) is 3.87. The second kappa shape index (κ2) is 3.24. The molecule has 1 heterocycles. The van der Waals surface area contributed by atoms with Crippen LogP contribution in [0.5, 0.6) is 0 Å². The Morgan fingerprint density at radius 3 is 3.50 bits per heavy atom. The number of rotatable bonds is 0. The van der Waals surface area contributed by atoms with Crippen molar-refractivity contribution < 1.29 is 0 Å². The van der Waals surface area contributed by atoms with Gasteiger partial charge in [-0.15, -0.1) is 0 Å². The molecule has 0 saturated carbocycles. The van der Waals surface area contributed by atoms with Crippen molar-refractivity contribution >= 4 is 6.21 Å². The highest BCUT2D eigenvalue weighted by Gasteiger charge is 1.82. The van der Waals surface area contributed by atoms with Crippen molar-refractivity contribution in [3.8, 4) is 0 Å². The molecule has 0 aromatic heterocycles. The average molecular weight is 110 g/mol. The fourth-order valence-corrected chi connectivity index (χ4v) is 0.616. The summed E-state index contributed by atoms with van der Waals surface area (Å²) in [6, 6.07) is 0. The molecule has 0 spiro atoms. The van der Waals surface area contributed by atoms with Crippen molar-refractivity contribution in [2.75, 3.05) is 6.54 Å². The van der Waals surface area contributed by atoms with E-state index in [1.807, 2.05) is 6.08 Å². The van der Waals surface area contributed by atoms with E-state index >= 15 is 0 Å². The van der Waals surface area contributed by atoms with Gasteiger partial charge >= 0.3 is 0 Å². The predicted molar refractivity (Wildman–Crippen MR) is 34.9 cm³/mol. The van der Waals surface area contributed by atoms with Crippen LogP contribution < -0.4 is 5.43 Å². The molecule has 0 amide bonds. The number of hydrazone groups is 1. The van der Waals surface area contributed by atoms with Gasteiger partial charge in [-0.2, -0.15) is 5.10 Å². The van der Waals surface area contributed by atoms with Crippen molar-refractivity contribution in [2.24, 2.45) is 5.10 Å². The van der Waals surface area contributed by atoms with E-state index in [0.717, 1.165) is 6.54 Å². The molecule has 0 aromatic rings. The molecule has 0 radical (unpaired) electrons. The standard InChI is InChI=1S/C6H10N2/c1-2-4-6-8-7-5-3-1/h1,3,5,8H,2,4,6H2. The Hall–Kier alpha value is -0.790. The normalized spacial score (nSPS) is 19.0. The van der Waals surface area contributed by atoms with Gasteiger partial charge in [-0.25, -0.2) is 0 Å². The molecular formula is C6H10N2. The summed E-state index contributed by atoms with van der Waals surface area (Å²) in [6.07, 6.45) is 8.22. The molecule has 1 rings (SSSR count). The Morgan fingerprint density at radius 1 is 1.50 bits per heavy atom. The summed E-state index contributed by atoms with van der Waals surface area (Å²) >= 11 is 0. The molecule has 1 aliphatic heterocycles. The zero-order chi connectivity index (χ0) is 5.66. The first kappa shape index (κ1) is 5.35. The lowest BCUT2D eigenvalue weighted by atomic mass is 10.3. The third-order valence-corrected chi connectivity index (χ3v) is 1.05. The molecule has 0 fully saturated rings. The smallest absolute Gasteiger partial charge is 0.0464 e. The van der Waals surface area contributed by atoms with Gasteiger partial charge in [0.05, 0.1) is 0 Å². The van der Waals surface area contributed by atoms with E-state index in [4.69, 9.17) is 0 Å². The first-order chi connectivity index (χ1) is 4.00. The molecular weight excluding hydrogens is 100 g/mol. The van der Waals surface area contributed by atoms with Crippen molar-refractivity contribution in [1.29, 1.82) is 0 Å². The lowest BCUT2D eigenvalue weighted by Crippen LogP contribution is -2.07. The third-order valence-electron chi connectivity index (χ3n) is 1.05. The Morgan fingerprint density at radius 2 is 2.50 bits per heavy atom. The topological polar surface area (TPSA) is 24.4 Å². The minimum atomic E-state index is 1.00. The molecule has 8 heavy (non-hydrogen) atoms. The van der Waals surface area contributed by atoms with Crippen LogP contribution in [-0.2, 0) is 0 Å². The van der Waals surface area contributed by atoms with Crippen molar-refractivity contribution in [1.82, 2.24) is 5.43 Å². The van der Waals surface area contributed by atoms with Crippen LogP contribution in [0.25, 0.3) is 0 Å². The van der Waals surface area contributed by atoms with E-state index in [1.165, 1.54) is 12.8 Å². The molecule has 0 aliphatic carbocycles. The number of allylic oxidation sites excluding steroid dienone is 2. The fraction of sp³-hybridized carbons (Fsp3) is 0.500. The third kappa shape index (κ3) is 1.78. The molecule has 0 atom stereocenters. The van der Waals surface area contributed by atoms with Crippen LogP contribution >= 0.6 is 0 Å². The van der Waals surface area contributed by atoms with E-state index in [2.05, 4.69) is 16.6 Å². The zero-order valence-corrected chi connectivity index (χ0v) is 4.80. The molecule has 0 saturated heterocycles. The van der Waals surface area contributed by atoms with E-state index in [-0.39, 0.29) is 0 Å². The van der Waals surface area contributed by atoms with E-state index in [9.17, 15) is 0 Å². The average Bonchev–Trinajstić information content (AvgIpc) is 1.62. The van der Waals surface area contributed by atoms with Crippen molar-refractivity contribution in [3.63, 3.8) is 0 Å². The van der Waals surface area contributed by atoms with Crippen LogP contribution in [0.15, 0.2) is 17.3 Å². The maximum atomic E-state index is 3.87. The lowest BCUT2D eigenvalue weighted by molar-refractivity contribution is 0.689. The molecule has 0 bridgehead atoms. The first-order valence-corrected chi connectivity index (χ1v) is 2.91. The largest absolute Gasteiger partial charge is 0.310 e. The molecule has 0 aromatic carbocycles. The second-order valence-corrected chi connectivity index (χ2v) is 1.76. The predicted octanol–water partition coefficient (Wildman–Crippen LogP) is 0.912. The molecule has 1 N–H and O–H groups in total. The quantitative estimate of drug-likeness (QED) is 0.492. The van der Waals surface area contributed by atoms with Gasteiger partial charge in [0, 0.05) is 12.8 Å². The molecule has 44 valence electrons. The minimum Gasteiger partial charge on any atom is -0.310 e. The van der Waals surface area contributed by atoms with Gasteiger partial charge in [-0.3, -0.25) is 0 Å². The Bertz CT molecular complexity index is 91.1. The van der Waals surface area contributed by atoms with Crippen LogP contribution in [0.3, 0.4) is 0 Å². The summed E-state index contributed by atoms with van der Waals surface area (Å²) in [7, 11) is 0. The molecule has 0 unspecified atom stereocenters. The number of nitrogens with zero attached hydrogens (tertiary/aromatic N) is 1. The summed E-state index contributed by atoms with van der Waals surface area (Å²) in [5.74, 6) is 0.